The Hall–Kier alpha value is -1.32. The van der Waals surface area contributed by atoms with E-state index in [2.05, 4.69) is 17.4 Å². The maximum absolute atomic E-state index is 12.2. The first-order valence-corrected chi connectivity index (χ1v) is 8.33. The van der Waals surface area contributed by atoms with Gasteiger partial charge in [0.1, 0.15) is 5.76 Å². The Morgan fingerprint density at radius 1 is 1.38 bits per heavy atom. The predicted molar refractivity (Wildman–Crippen MR) is 83.1 cm³/mol. The number of aryl methyl sites for hydroxylation is 2. The molecule has 1 aromatic heterocycles. The van der Waals surface area contributed by atoms with Gasteiger partial charge in [0.05, 0.1) is 5.69 Å². The van der Waals surface area contributed by atoms with Crippen molar-refractivity contribution in [3.63, 3.8) is 0 Å². The van der Waals surface area contributed by atoms with E-state index < -0.39 is 0 Å². The van der Waals surface area contributed by atoms with E-state index in [1.807, 2.05) is 13.8 Å². The van der Waals surface area contributed by atoms with Crippen molar-refractivity contribution in [2.24, 2.45) is 5.92 Å². The van der Waals surface area contributed by atoms with Crippen LogP contribution in [0.25, 0.3) is 0 Å². The van der Waals surface area contributed by atoms with E-state index in [1.165, 1.54) is 32.1 Å². The molecule has 0 aromatic carbocycles. The van der Waals surface area contributed by atoms with Crippen LogP contribution >= 0.6 is 0 Å². The van der Waals surface area contributed by atoms with Gasteiger partial charge in [-0.05, 0) is 45.4 Å². The molecule has 0 saturated heterocycles. The molecule has 1 heterocycles. The summed E-state index contributed by atoms with van der Waals surface area (Å²) >= 11 is 0. The molecule has 21 heavy (non-hydrogen) atoms. The zero-order valence-corrected chi connectivity index (χ0v) is 13.6. The monoisotopic (exact) mass is 292 g/mol. The molecule has 1 aromatic rings. The number of hydrogen-bond acceptors (Lipinski definition) is 3. The van der Waals surface area contributed by atoms with E-state index in [1.54, 1.807) is 0 Å². The van der Waals surface area contributed by atoms with Crippen molar-refractivity contribution >= 4 is 5.91 Å². The van der Waals surface area contributed by atoms with Crippen LogP contribution in [0.15, 0.2) is 4.52 Å². The van der Waals surface area contributed by atoms with Crippen LogP contribution in [-0.4, -0.2) is 17.1 Å². The van der Waals surface area contributed by atoms with Crippen molar-refractivity contribution < 1.29 is 9.32 Å². The van der Waals surface area contributed by atoms with Crippen molar-refractivity contribution in [1.82, 2.24) is 10.5 Å². The molecule has 1 fully saturated rings. The molecule has 2 atom stereocenters. The van der Waals surface area contributed by atoms with Gasteiger partial charge in [0.25, 0.3) is 0 Å². The Balaban J connectivity index is 1.79. The van der Waals surface area contributed by atoms with Crippen LogP contribution in [0.1, 0.15) is 68.9 Å². The molecule has 1 aliphatic rings. The van der Waals surface area contributed by atoms with Crippen LogP contribution in [0.4, 0.5) is 0 Å². The van der Waals surface area contributed by atoms with E-state index in [-0.39, 0.29) is 5.91 Å². The lowest BCUT2D eigenvalue weighted by molar-refractivity contribution is -0.122. The van der Waals surface area contributed by atoms with Crippen LogP contribution in [0.3, 0.4) is 0 Å². The number of carbonyl (C=O) groups is 1. The third-order valence-electron chi connectivity index (χ3n) is 4.72. The second kappa shape index (κ2) is 7.62. The normalized spacial score (nSPS) is 21.7. The maximum Gasteiger partial charge on any atom is 0.220 e. The fraction of sp³-hybridized carbons (Fsp3) is 0.765. The quantitative estimate of drug-likeness (QED) is 0.833. The smallest absolute Gasteiger partial charge is 0.220 e. The second-order valence-corrected chi connectivity index (χ2v) is 6.31. The molecular formula is C17H28N2O2. The Kier molecular flexibility index (Phi) is 5.83. The molecule has 0 aliphatic heterocycles. The minimum atomic E-state index is 0.170. The summed E-state index contributed by atoms with van der Waals surface area (Å²) in [5, 5.41) is 7.19. The van der Waals surface area contributed by atoms with Gasteiger partial charge in [-0.15, -0.1) is 0 Å². The van der Waals surface area contributed by atoms with Gasteiger partial charge in [0.2, 0.25) is 5.91 Å². The van der Waals surface area contributed by atoms with E-state index in [0.717, 1.165) is 29.9 Å². The minimum Gasteiger partial charge on any atom is -0.361 e. The van der Waals surface area contributed by atoms with Gasteiger partial charge in [-0.2, -0.15) is 0 Å². The number of amides is 1. The highest BCUT2D eigenvalue weighted by molar-refractivity contribution is 5.76. The Bertz CT molecular complexity index is 448. The van der Waals surface area contributed by atoms with E-state index in [4.69, 9.17) is 4.52 Å². The van der Waals surface area contributed by atoms with E-state index in [9.17, 15) is 4.79 Å². The van der Waals surface area contributed by atoms with Gasteiger partial charge in [-0.25, -0.2) is 0 Å². The molecule has 1 saturated carbocycles. The van der Waals surface area contributed by atoms with Crippen LogP contribution in [0, 0.1) is 19.8 Å². The number of nitrogens with zero attached hydrogens (tertiary/aromatic N) is 1. The summed E-state index contributed by atoms with van der Waals surface area (Å²) in [6, 6.07) is 0.397. The van der Waals surface area contributed by atoms with Crippen molar-refractivity contribution in [2.75, 3.05) is 0 Å². The number of aromatic nitrogens is 1. The minimum absolute atomic E-state index is 0.170. The first-order valence-electron chi connectivity index (χ1n) is 8.33. The molecule has 0 bridgehead atoms. The molecule has 1 aliphatic carbocycles. The first-order chi connectivity index (χ1) is 10.1. The zero-order valence-electron chi connectivity index (χ0n) is 13.6. The largest absolute Gasteiger partial charge is 0.361 e. The SMILES string of the molecule is CCCC[C@H]1CCC[C@H]1NC(=O)CCc1c(C)noc1C. The number of carbonyl (C=O) groups excluding carboxylic acids is 1. The Labute approximate surface area is 127 Å². The fourth-order valence-corrected chi connectivity index (χ4v) is 3.41. The molecule has 0 unspecified atom stereocenters. The summed E-state index contributed by atoms with van der Waals surface area (Å²) in [5.41, 5.74) is 1.99. The van der Waals surface area contributed by atoms with Gasteiger partial charge in [-0.1, -0.05) is 31.3 Å². The molecule has 1 N–H and O–H groups in total. The lowest BCUT2D eigenvalue weighted by atomic mass is 9.96. The summed E-state index contributed by atoms with van der Waals surface area (Å²) in [5.74, 6) is 1.69. The summed E-state index contributed by atoms with van der Waals surface area (Å²) < 4.78 is 5.14. The average Bonchev–Trinajstić information content (AvgIpc) is 3.02. The number of nitrogens with one attached hydrogen (secondary N) is 1. The fourth-order valence-electron chi connectivity index (χ4n) is 3.41. The highest BCUT2D eigenvalue weighted by Crippen LogP contribution is 2.30. The lowest BCUT2D eigenvalue weighted by Gasteiger charge is -2.20. The number of rotatable bonds is 7. The third-order valence-corrected chi connectivity index (χ3v) is 4.72. The topological polar surface area (TPSA) is 55.1 Å². The molecule has 1 amide bonds. The Morgan fingerprint density at radius 2 is 2.19 bits per heavy atom. The summed E-state index contributed by atoms with van der Waals surface area (Å²) in [6.07, 6.45) is 8.69. The van der Waals surface area contributed by atoms with Crippen molar-refractivity contribution in [1.29, 1.82) is 0 Å². The van der Waals surface area contributed by atoms with Gasteiger partial charge in [0, 0.05) is 18.0 Å². The molecule has 2 rings (SSSR count). The molecule has 0 radical (unpaired) electrons. The third kappa shape index (κ3) is 4.32. The predicted octanol–water partition coefficient (Wildman–Crippen LogP) is 3.70. The standard InChI is InChI=1S/C17H28N2O2/c1-4-5-7-14-8-6-9-16(14)18-17(20)11-10-15-12(2)19-21-13(15)3/h14,16H,4-11H2,1-3H3,(H,18,20)/t14-,16+/m0/s1. The number of hydrogen-bond donors (Lipinski definition) is 1. The van der Waals surface area contributed by atoms with Crippen LogP contribution in [0.2, 0.25) is 0 Å². The first kappa shape index (κ1) is 16.1. The van der Waals surface area contributed by atoms with E-state index >= 15 is 0 Å². The number of unbranched alkanes of at least 4 members (excludes halogenated alkanes) is 1. The molecule has 0 spiro atoms. The maximum atomic E-state index is 12.2. The van der Waals surface area contributed by atoms with Crippen molar-refractivity contribution in [3.8, 4) is 0 Å². The summed E-state index contributed by atoms with van der Waals surface area (Å²) in [7, 11) is 0. The molecule has 118 valence electrons. The van der Waals surface area contributed by atoms with Crippen molar-refractivity contribution in [3.05, 3.63) is 17.0 Å². The molecule has 4 nitrogen and oxygen atoms in total. The molecular weight excluding hydrogens is 264 g/mol. The summed E-state index contributed by atoms with van der Waals surface area (Å²) in [4.78, 5) is 12.2. The van der Waals surface area contributed by atoms with Crippen LogP contribution in [-0.2, 0) is 11.2 Å². The highest BCUT2D eigenvalue weighted by atomic mass is 16.5. The highest BCUT2D eigenvalue weighted by Gasteiger charge is 2.27. The van der Waals surface area contributed by atoms with Crippen LogP contribution in [0.5, 0.6) is 0 Å². The van der Waals surface area contributed by atoms with Crippen molar-refractivity contribution in [2.45, 2.75) is 78.2 Å². The van der Waals surface area contributed by atoms with E-state index in [0.29, 0.717) is 18.4 Å². The lowest BCUT2D eigenvalue weighted by Crippen LogP contribution is -2.37. The van der Waals surface area contributed by atoms with Crippen LogP contribution < -0.4 is 5.32 Å². The van der Waals surface area contributed by atoms with Gasteiger partial charge in [0.15, 0.2) is 0 Å². The van der Waals surface area contributed by atoms with Gasteiger partial charge >= 0.3 is 0 Å². The Morgan fingerprint density at radius 3 is 2.86 bits per heavy atom. The second-order valence-electron chi connectivity index (χ2n) is 6.31. The zero-order chi connectivity index (χ0) is 15.2. The average molecular weight is 292 g/mol. The summed E-state index contributed by atoms with van der Waals surface area (Å²) in [6.45, 7) is 6.07. The molecule has 4 heteroatoms. The van der Waals surface area contributed by atoms with Gasteiger partial charge < -0.3 is 9.84 Å². The van der Waals surface area contributed by atoms with Gasteiger partial charge in [-0.3, -0.25) is 4.79 Å².